The lowest BCUT2D eigenvalue weighted by Crippen LogP contribution is -2.52. The summed E-state index contributed by atoms with van der Waals surface area (Å²) < 4.78 is 34.5. The number of nitrogens with one attached hydrogen (secondary N) is 1. The number of carbonyl (C=O) groups is 2. The Labute approximate surface area is 252 Å². The highest BCUT2D eigenvalue weighted by atomic mass is 35.5. The molecule has 0 saturated heterocycles. The molecule has 0 aliphatic carbocycles. The van der Waals surface area contributed by atoms with Crippen molar-refractivity contribution in [2.75, 3.05) is 18.0 Å². The first-order valence-corrected chi connectivity index (χ1v) is 15.3. The van der Waals surface area contributed by atoms with Crippen molar-refractivity contribution in [2.45, 2.75) is 57.6 Å². The lowest BCUT2D eigenvalue weighted by atomic mass is 10.1. The molecule has 3 aromatic rings. The zero-order valence-electron chi connectivity index (χ0n) is 23.7. The number of nitrogens with zero attached hydrogens (tertiary/aromatic N) is 2. The minimum absolute atomic E-state index is 0.0121. The first-order valence-electron chi connectivity index (χ1n) is 13.1. The molecule has 1 N–H and O–H groups in total. The van der Waals surface area contributed by atoms with Crippen LogP contribution in [0.1, 0.15) is 38.3 Å². The van der Waals surface area contributed by atoms with Crippen LogP contribution in [0.4, 0.5) is 5.69 Å². The van der Waals surface area contributed by atoms with Crippen LogP contribution in [-0.2, 0) is 26.2 Å². The van der Waals surface area contributed by atoms with E-state index >= 15 is 0 Å². The average molecular weight is 621 g/mol. The number of aryl methyl sites for hydroxylation is 1. The number of hydrogen-bond acceptors (Lipinski definition) is 5. The van der Waals surface area contributed by atoms with Crippen LogP contribution in [0.5, 0.6) is 5.75 Å². The average Bonchev–Trinajstić information content (AvgIpc) is 2.94. The van der Waals surface area contributed by atoms with Crippen LogP contribution in [0.15, 0.2) is 71.6 Å². The van der Waals surface area contributed by atoms with Crippen LogP contribution in [0.25, 0.3) is 0 Å². The van der Waals surface area contributed by atoms with Gasteiger partial charge in [0.05, 0.1) is 17.7 Å². The standard InChI is InChI=1S/C30H35Cl2N3O5S/c1-6-21(3)33-30(37)22(4)34(18-23-8-7-9-24(31)16-23)29(36)19-35(27-17-25(32)12-15-28(27)40-5)41(38,39)26-13-10-20(2)11-14-26/h7-17,21-22H,6,18-19H2,1-5H3,(H,33,37)/t21-,22-/m0/s1. The second-order valence-corrected chi connectivity index (χ2v) is 12.5. The van der Waals surface area contributed by atoms with Crippen LogP contribution in [0.3, 0.4) is 0 Å². The predicted octanol–water partition coefficient (Wildman–Crippen LogP) is 5.84. The Morgan fingerprint density at radius 2 is 1.63 bits per heavy atom. The van der Waals surface area contributed by atoms with Gasteiger partial charge in [0.1, 0.15) is 18.3 Å². The van der Waals surface area contributed by atoms with Gasteiger partial charge in [-0.25, -0.2) is 8.42 Å². The number of carbonyl (C=O) groups excluding carboxylic acids is 2. The van der Waals surface area contributed by atoms with E-state index < -0.39 is 28.5 Å². The number of hydrogen-bond donors (Lipinski definition) is 1. The fourth-order valence-electron chi connectivity index (χ4n) is 4.09. The molecular formula is C30H35Cl2N3O5S. The van der Waals surface area contributed by atoms with Crippen LogP contribution < -0.4 is 14.4 Å². The van der Waals surface area contributed by atoms with Crippen molar-refractivity contribution in [2.24, 2.45) is 0 Å². The molecule has 2 atom stereocenters. The molecule has 11 heteroatoms. The predicted molar refractivity (Wildman–Crippen MR) is 163 cm³/mol. The molecule has 0 saturated carbocycles. The molecule has 0 heterocycles. The summed E-state index contributed by atoms with van der Waals surface area (Å²) in [5, 5.41) is 3.64. The third-order valence-electron chi connectivity index (χ3n) is 6.71. The van der Waals surface area contributed by atoms with E-state index in [1.807, 2.05) is 20.8 Å². The Bertz CT molecular complexity index is 1480. The number of benzene rings is 3. The van der Waals surface area contributed by atoms with Gasteiger partial charge in [0.2, 0.25) is 11.8 Å². The molecule has 0 bridgehead atoms. The third-order valence-corrected chi connectivity index (χ3v) is 8.95. The van der Waals surface area contributed by atoms with Gasteiger partial charge in [-0.1, -0.05) is 60.0 Å². The van der Waals surface area contributed by atoms with Gasteiger partial charge >= 0.3 is 0 Å². The maximum absolute atomic E-state index is 14.1. The topological polar surface area (TPSA) is 96.0 Å². The van der Waals surface area contributed by atoms with Crippen molar-refractivity contribution >= 4 is 50.7 Å². The Morgan fingerprint density at radius 3 is 2.24 bits per heavy atom. The van der Waals surface area contributed by atoms with Crippen molar-refractivity contribution in [1.29, 1.82) is 0 Å². The van der Waals surface area contributed by atoms with Gasteiger partial charge in [0.15, 0.2) is 0 Å². The van der Waals surface area contributed by atoms with Gasteiger partial charge in [0, 0.05) is 22.6 Å². The number of anilines is 1. The molecule has 220 valence electrons. The molecule has 2 amide bonds. The number of amides is 2. The van der Waals surface area contributed by atoms with E-state index in [1.54, 1.807) is 49.4 Å². The van der Waals surface area contributed by atoms with Crippen molar-refractivity contribution in [3.63, 3.8) is 0 Å². The molecule has 0 spiro atoms. The molecular weight excluding hydrogens is 585 g/mol. The minimum atomic E-state index is -4.27. The maximum atomic E-state index is 14.1. The van der Waals surface area contributed by atoms with Gasteiger partial charge in [-0.15, -0.1) is 0 Å². The summed E-state index contributed by atoms with van der Waals surface area (Å²) >= 11 is 12.5. The van der Waals surface area contributed by atoms with Gasteiger partial charge in [-0.2, -0.15) is 0 Å². The Kier molecular flexibility index (Phi) is 11.1. The lowest BCUT2D eigenvalue weighted by molar-refractivity contribution is -0.139. The first-order chi connectivity index (χ1) is 19.4. The number of ether oxygens (including phenoxy) is 1. The largest absolute Gasteiger partial charge is 0.495 e. The first kappa shape index (κ1) is 32.2. The van der Waals surface area contributed by atoms with Gasteiger partial charge in [-0.3, -0.25) is 13.9 Å². The molecule has 41 heavy (non-hydrogen) atoms. The van der Waals surface area contributed by atoms with Crippen LogP contribution in [-0.4, -0.2) is 50.9 Å². The summed E-state index contributed by atoms with van der Waals surface area (Å²) in [6, 6.07) is 16.7. The molecule has 8 nitrogen and oxygen atoms in total. The highest BCUT2D eigenvalue weighted by Gasteiger charge is 2.34. The maximum Gasteiger partial charge on any atom is 0.264 e. The van der Waals surface area contributed by atoms with E-state index in [0.29, 0.717) is 17.0 Å². The molecule has 0 unspecified atom stereocenters. The van der Waals surface area contributed by atoms with E-state index in [0.717, 1.165) is 9.87 Å². The lowest BCUT2D eigenvalue weighted by Gasteiger charge is -2.33. The SMILES string of the molecule is CC[C@H](C)NC(=O)[C@H](C)N(Cc1cccc(Cl)c1)C(=O)CN(c1cc(Cl)ccc1OC)S(=O)(=O)c1ccc(C)cc1. The zero-order valence-corrected chi connectivity index (χ0v) is 26.1. The van der Waals surface area contributed by atoms with Crippen LogP contribution >= 0.6 is 23.2 Å². The van der Waals surface area contributed by atoms with Gasteiger partial charge < -0.3 is 15.0 Å². The molecule has 0 aromatic heterocycles. The summed E-state index contributed by atoms with van der Waals surface area (Å²) in [4.78, 5) is 28.6. The second kappa shape index (κ2) is 14.1. The number of halogens is 2. The highest BCUT2D eigenvalue weighted by Crippen LogP contribution is 2.35. The van der Waals surface area contributed by atoms with Crippen molar-refractivity contribution in [1.82, 2.24) is 10.2 Å². The summed E-state index contributed by atoms with van der Waals surface area (Å²) in [7, 11) is -2.87. The third kappa shape index (κ3) is 8.15. The van der Waals surface area contributed by atoms with E-state index in [9.17, 15) is 18.0 Å². The molecule has 3 rings (SSSR count). The molecule has 0 aliphatic heterocycles. The minimum Gasteiger partial charge on any atom is -0.495 e. The number of methoxy groups -OCH3 is 1. The Hall–Kier alpha value is -3.27. The summed E-state index contributed by atoms with van der Waals surface area (Å²) in [6.07, 6.45) is 0.706. The fraction of sp³-hybridized carbons (Fsp3) is 0.333. The Balaban J connectivity index is 2.10. The van der Waals surface area contributed by atoms with Crippen molar-refractivity contribution < 1.29 is 22.7 Å². The molecule has 0 fully saturated rings. The quantitative estimate of drug-likeness (QED) is 0.275. The van der Waals surface area contributed by atoms with Crippen LogP contribution in [0.2, 0.25) is 10.0 Å². The van der Waals surface area contributed by atoms with Crippen molar-refractivity contribution in [3.05, 3.63) is 87.9 Å². The summed E-state index contributed by atoms with van der Waals surface area (Å²) in [5.41, 5.74) is 1.65. The normalized spacial score (nSPS) is 12.8. The second-order valence-electron chi connectivity index (χ2n) is 9.79. The molecule has 3 aromatic carbocycles. The van der Waals surface area contributed by atoms with E-state index in [2.05, 4.69) is 5.32 Å². The molecule has 0 aliphatic rings. The van der Waals surface area contributed by atoms with Gasteiger partial charge in [-0.05, 0) is 75.2 Å². The number of rotatable bonds is 12. The highest BCUT2D eigenvalue weighted by molar-refractivity contribution is 7.92. The summed E-state index contributed by atoms with van der Waals surface area (Å²) in [5.74, 6) is -0.751. The smallest absolute Gasteiger partial charge is 0.264 e. The monoisotopic (exact) mass is 619 g/mol. The zero-order chi connectivity index (χ0) is 30.3. The number of sulfonamides is 1. The van der Waals surface area contributed by atoms with E-state index in [4.69, 9.17) is 27.9 Å². The molecule has 0 radical (unpaired) electrons. The fourth-order valence-corrected chi connectivity index (χ4v) is 5.88. The van der Waals surface area contributed by atoms with Gasteiger partial charge in [0.25, 0.3) is 10.0 Å². The Morgan fingerprint density at radius 1 is 0.976 bits per heavy atom. The van der Waals surface area contributed by atoms with Crippen molar-refractivity contribution in [3.8, 4) is 5.75 Å². The van der Waals surface area contributed by atoms with E-state index in [-0.39, 0.29) is 39.8 Å². The van der Waals surface area contributed by atoms with Crippen LogP contribution in [0, 0.1) is 6.92 Å². The van der Waals surface area contributed by atoms with E-state index in [1.165, 1.54) is 36.3 Å². The summed E-state index contributed by atoms with van der Waals surface area (Å²) in [6.45, 7) is 6.68.